The molecule has 5 nitrogen and oxygen atoms in total. The molecule has 1 aliphatic heterocycles. The number of halogens is 2. The predicted octanol–water partition coefficient (Wildman–Crippen LogP) is 2.92. The fraction of sp³-hybridized carbons (Fsp3) is 0.353. The summed E-state index contributed by atoms with van der Waals surface area (Å²) in [4.78, 5) is 13.7. The van der Waals surface area contributed by atoms with Crippen molar-refractivity contribution in [3.8, 4) is 0 Å². The van der Waals surface area contributed by atoms with Crippen molar-refractivity contribution in [1.29, 1.82) is 0 Å². The average molecular weight is 337 g/mol. The van der Waals surface area contributed by atoms with Crippen LogP contribution in [0.15, 0.2) is 34.9 Å². The smallest absolute Gasteiger partial charge is 0.374 e. The minimum absolute atomic E-state index is 0.174. The monoisotopic (exact) mass is 337 g/mol. The third-order valence-corrected chi connectivity index (χ3v) is 3.98. The van der Waals surface area contributed by atoms with Crippen LogP contribution in [0.5, 0.6) is 0 Å². The maximum atomic E-state index is 13.4. The van der Waals surface area contributed by atoms with E-state index in [0.29, 0.717) is 37.4 Å². The average Bonchev–Trinajstić information content (AvgIpc) is 3.05. The van der Waals surface area contributed by atoms with Gasteiger partial charge in [-0.2, -0.15) is 0 Å². The van der Waals surface area contributed by atoms with E-state index in [1.165, 1.54) is 19.4 Å². The molecule has 2 aromatic rings. The topological polar surface area (TPSA) is 51.9 Å². The summed E-state index contributed by atoms with van der Waals surface area (Å²) in [7, 11) is 1.29. The van der Waals surface area contributed by atoms with Gasteiger partial charge in [-0.15, -0.1) is 0 Å². The zero-order chi connectivity index (χ0) is 17.1. The minimum Gasteiger partial charge on any atom is -0.463 e. The molecule has 0 saturated carbocycles. The summed E-state index contributed by atoms with van der Waals surface area (Å²) >= 11 is 0. The zero-order valence-corrected chi connectivity index (χ0v) is 13.1. The van der Waals surface area contributed by atoms with Crippen molar-refractivity contribution in [3.63, 3.8) is 0 Å². The summed E-state index contributed by atoms with van der Waals surface area (Å²) < 4.78 is 42.0. The van der Waals surface area contributed by atoms with Gasteiger partial charge in [-0.3, -0.25) is 4.90 Å². The Labute approximate surface area is 137 Å². The second-order valence-electron chi connectivity index (χ2n) is 5.53. The Balaban J connectivity index is 1.71. The van der Waals surface area contributed by atoms with Crippen LogP contribution < -0.4 is 0 Å². The van der Waals surface area contributed by atoms with Gasteiger partial charge >= 0.3 is 5.97 Å². The maximum absolute atomic E-state index is 13.4. The van der Waals surface area contributed by atoms with E-state index in [-0.39, 0.29) is 11.9 Å². The molecule has 1 saturated heterocycles. The van der Waals surface area contributed by atoms with Crippen LogP contribution in [0.4, 0.5) is 8.78 Å². The van der Waals surface area contributed by atoms with Gasteiger partial charge < -0.3 is 13.9 Å². The second-order valence-corrected chi connectivity index (χ2v) is 5.53. The Morgan fingerprint density at radius 3 is 2.92 bits per heavy atom. The Morgan fingerprint density at radius 1 is 1.33 bits per heavy atom. The lowest BCUT2D eigenvalue weighted by molar-refractivity contribution is -0.0332. The van der Waals surface area contributed by atoms with E-state index in [4.69, 9.17) is 9.15 Å². The van der Waals surface area contributed by atoms with Gasteiger partial charge in [0.2, 0.25) is 5.76 Å². The first kappa shape index (κ1) is 16.6. The summed E-state index contributed by atoms with van der Waals surface area (Å²) in [6.45, 7) is 2.09. The number of morpholine rings is 1. The number of methoxy groups -OCH3 is 1. The van der Waals surface area contributed by atoms with Gasteiger partial charge in [0.1, 0.15) is 0 Å². The maximum Gasteiger partial charge on any atom is 0.374 e. The van der Waals surface area contributed by atoms with Crippen LogP contribution in [0.25, 0.3) is 0 Å². The number of carbonyl (C=O) groups is 1. The SMILES string of the molecule is COC(=O)c1occc1CN1CCO[C@@H](c2ccc(F)c(F)c2)C1. The molecule has 0 radical (unpaired) electrons. The molecule has 1 atom stereocenters. The molecule has 1 aromatic heterocycles. The third kappa shape index (κ3) is 3.47. The number of esters is 1. The molecule has 24 heavy (non-hydrogen) atoms. The summed E-state index contributed by atoms with van der Waals surface area (Å²) in [6, 6.07) is 5.48. The zero-order valence-electron chi connectivity index (χ0n) is 13.1. The first-order valence-electron chi connectivity index (χ1n) is 7.52. The number of nitrogens with zero attached hydrogens (tertiary/aromatic N) is 1. The molecular weight excluding hydrogens is 320 g/mol. The van der Waals surface area contributed by atoms with Crippen LogP contribution in [0.2, 0.25) is 0 Å². The summed E-state index contributed by atoms with van der Waals surface area (Å²) in [5.74, 6) is -2.13. The van der Waals surface area contributed by atoms with Crippen molar-refractivity contribution in [3.05, 3.63) is 59.1 Å². The molecule has 0 bridgehead atoms. The van der Waals surface area contributed by atoms with Gasteiger partial charge in [-0.25, -0.2) is 13.6 Å². The summed E-state index contributed by atoms with van der Waals surface area (Å²) in [6.07, 6.45) is 1.08. The number of hydrogen-bond acceptors (Lipinski definition) is 5. The molecule has 1 aliphatic rings. The highest BCUT2D eigenvalue weighted by Gasteiger charge is 2.25. The highest BCUT2D eigenvalue weighted by atomic mass is 19.2. The lowest BCUT2D eigenvalue weighted by Gasteiger charge is -2.33. The molecule has 128 valence electrons. The van der Waals surface area contributed by atoms with E-state index in [1.54, 1.807) is 6.07 Å². The standard InChI is InChI=1S/C17H17F2NO4/c1-22-17(21)16-12(4-6-24-16)9-20-5-7-23-15(10-20)11-2-3-13(18)14(19)8-11/h2-4,6,8,15H,5,7,9-10H2,1H3/t15-/m1/s1. The number of benzene rings is 1. The van der Waals surface area contributed by atoms with Crippen molar-refractivity contribution in [2.24, 2.45) is 0 Å². The van der Waals surface area contributed by atoms with Gasteiger partial charge in [-0.1, -0.05) is 6.07 Å². The molecule has 1 fully saturated rings. The Morgan fingerprint density at radius 2 is 2.17 bits per heavy atom. The Kier molecular flexibility index (Phi) is 4.92. The predicted molar refractivity (Wildman–Crippen MR) is 80.4 cm³/mol. The van der Waals surface area contributed by atoms with Gasteiger partial charge in [0.15, 0.2) is 11.6 Å². The minimum atomic E-state index is -0.893. The molecule has 1 aromatic carbocycles. The highest BCUT2D eigenvalue weighted by molar-refractivity contribution is 5.87. The highest BCUT2D eigenvalue weighted by Crippen LogP contribution is 2.25. The van der Waals surface area contributed by atoms with Crippen LogP contribution in [0.1, 0.15) is 27.8 Å². The van der Waals surface area contributed by atoms with Gasteiger partial charge in [0.05, 0.1) is 26.1 Å². The van der Waals surface area contributed by atoms with Crippen molar-refractivity contribution >= 4 is 5.97 Å². The number of furan rings is 1. The van der Waals surface area contributed by atoms with Crippen molar-refractivity contribution < 1.29 is 27.5 Å². The molecule has 2 heterocycles. The molecule has 0 N–H and O–H groups in total. The fourth-order valence-electron chi connectivity index (χ4n) is 2.73. The normalized spacial score (nSPS) is 18.5. The van der Waals surface area contributed by atoms with Crippen LogP contribution in [-0.2, 0) is 16.0 Å². The second kappa shape index (κ2) is 7.11. The number of ether oxygens (including phenoxy) is 2. The van der Waals surface area contributed by atoms with Crippen LogP contribution in [0.3, 0.4) is 0 Å². The summed E-state index contributed by atoms with van der Waals surface area (Å²) in [5, 5.41) is 0. The third-order valence-electron chi connectivity index (χ3n) is 3.98. The Hall–Kier alpha value is -2.25. The molecule has 7 heteroatoms. The van der Waals surface area contributed by atoms with E-state index in [2.05, 4.69) is 9.64 Å². The first-order chi connectivity index (χ1) is 11.6. The quantitative estimate of drug-likeness (QED) is 0.803. The van der Waals surface area contributed by atoms with Crippen LogP contribution in [-0.4, -0.2) is 37.7 Å². The van der Waals surface area contributed by atoms with Crippen LogP contribution >= 0.6 is 0 Å². The lowest BCUT2D eigenvalue weighted by atomic mass is 10.1. The van der Waals surface area contributed by atoms with Crippen molar-refractivity contribution in [1.82, 2.24) is 4.90 Å². The lowest BCUT2D eigenvalue weighted by Crippen LogP contribution is -2.38. The van der Waals surface area contributed by atoms with Gasteiger partial charge in [0.25, 0.3) is 0 Å². The largest absolute Gasteiger partial charge is 0.463 e. The summed E-state index contributed by atoms with van der Waals surface area (Å²) in [5.41, 5.74) is 1.30. The van der Waals surface area contributed by atoms with Gasteiger partial charge in [0, 0.05) is 25.2 Å². The molecule has 0 spiro atoms. The first-order valence-corrected chi connectivity index (χ1v) is 7.52. The van der Waals surface area contributed by atoms with Crippen molar-refractivity contribution in [2.45, 2.75) is 12.6 Å². The fourth-order valence-corrected chi connectivity index (χ4v) is 2.73. The molecule has 0 unspecified atom stereocenters. The van der Waals surface area contributed by atoms with Crippen LogP contribution in [0, 0.1) is 11.6 Å². The number of carbonyl (C=O) groups excluding carboxylic acids is 1. The van der Waals surface area contributed by atoms with E-state index >= 15 is 0 Å². The molecule has 3 rings (SSSR count). The van der Waals surface area contributed by atoms with E-state index < -0.39 is 17.6 Å². The molecule has 0 amide bonds. The van der Waals surface area contributed by atoms with Crippen molar-refractivity contribution in [2.75, 3.05) is 26.8 Å². The molecular formula is C17H17F2NO4. The Bertz CT molecular complexity index is 731. The number of hydrogen-bond donors (Lipinski definition) is 0. The van der Waals surface area contributed by atoms with E-state index in [0.717, 1.165) is 12.1 Å². The van der Waals surface area contributed by atoms with E-state index in [9.17, 15) is 13.6 Å². The van der Waals surface area contributed by atoms with E-state index in [1.807, 2.05) is 0 Å². The number of rotatable bonds is 4. The molecule has 0 aliphatic carbocycles. The van der Waals surface area contributed by atoms with Gasteiger partial charge in [-0.05, 0) is 23.8 Å².